The van der Waals surface area contributed by atoms with Gasteiger partial charge >= 0.3 is 0 Å². The summed E-state index contributed by atoms with van der Waals surface area (Å²) in [6, 6.07) is 8.27. The molecule has 0 spiro atoms. The molecule has 1 aromatic carbocycles. The Morgan fingerprint density at radius 2 is 2.06 bits per heavy atom. The van der Waals surface area contributed by atoms with Crippen molar-refractivity contribution in [1.29, 1.82) is 0 Å². The molecule has 0 saturated heterocycles. The molecule has 0 amide bonds. The minimum absolute atomic E-state index is 0.966. The number of aromatic nitrogens is 3. The van der Waals surface area contributed by atoms with Crippen LogP contribution >= 0.6 is 23.1 Å². The van der Waals surface area contributed by atoms with Crippen LogP contribution in [-0.4, -0.2) is 21.4 Å². The van der Waals surface area contributed by atoms with E-state index in [1.807, 2.05) is 18.5 Å². The molecule has 17 heavy (non-hydrogen) atoms. The van der Waals surface area contributed by atoms with Gasteiger partial charge < -0.3 is 0 Å². The zero-order chi connectivity index (χ0) is 11.7. The monoisotopic (exact) mass is 259 g/mol. The minimum atomic E-state index is 0.966. The molecule has 0 atom stereocenters. The maximum absolute atomic E-state index is 4.20. The molecular weight excluding hydrogens is 250 g/mol. The summed E-state index contributed by atoms with van der Waals surface area (Å²) in [4.78, 5) is 4.10. The summed E-state index contributed by atoms with van der Waals surface area (Å²) in [5.41, 5.74) is 1.11. The summed E-state index contributed by atoms with van der Waals surface area (Å²) >= 11 is 3.24. The van der Waals surface area contributed by atoms with Gasteiger partial charge in [0.2, 0.25) is 0 Å². The van der Waals surface area contributed by atoms with Gasteiger partial charge in [0.15, 0.2) is 4.34 Å². The Hall–Kier alpha value is -1.46. The first-order chi connectivity index (χ1) is 8.36. The quantitative estimate of drug-likeness (QED) is 0.660. The van der Waals surface area contributed by atoms with Crippen LogP contribution in [-0.2, 0) is 0 Å². The van der Waals surface area contributed by atoms with E-state index in [1.165, 1.54) is 5.39 Å². The summed E-state index contributed by atoms with van der Waals surface area (Å²) in [6.45, 7) is 0. The second-order valence-electron chi connectivity index (χ2n) is 3.51. The largest absolute Gasteiger partial charge is 0.264 e. The molecule has 0 fully saturated rings. The SMILES string of the molecule is CSc1nnc(-c2ccc3cnccc3c2)s1. The Morgan fingerprint density at radius 3 is 2.88 bits per heavy atom. The van der Waals surface area contributed by atoms with E-state index in [-0.39, 0.29) is 0 Å². The molecule has 0 unspecified atom stereocenters. The average molecular weight is 259 g/mol. The van der Waals surface area contributed by atoms with E-state index in [4.69, 9.17) is 0 Å². The van der Waals surface area contributed by atoms with Crippen LogP contribution in [0, 0.1) is 0 Å². The van der Waals surface area contributed by atoms with E-state index in [1.54, 1.807) is 29.3 Å². The molecular formula is C12H9N3S2. The number of fused-ring (bicyclic) bond motifs is 1. The highest BCUT2D eigenvalue weighted by atomic mass is 32.2. The third kappa shape index (κ3) is 2.03. The first kappa shape index (κ1) is 10.7. The van der Waals surface area contributed by atoms with Crippen LogP contribution in [0.25, 0.3) is 21.3 Å². The second-order valence-corrected chi connectivity index (χ2v) is 5.55. The normalized spacial score (nSPS) is 10.9. The molecule has 5 heteroatoms. The molecule has 0 aliphatic carbocycles. The third-order valence-electron chi connectivity index (χ3n) is 2.47. The van der Waals surface area contributed by atoms with Gasteiger partial charge in [0.05, 0.1) is 0 Å². The molecule has 3 aromatic rings. The fraction of sp³-hybridized carbons (Fsp3) is 0.0833. The van der Waals surface area contributed by atoms with Crippen LogP contribution in [0.4, 0.5) is 0 Å². The number of hydrogen-bond acceptors (Lipinski definition) is 5. The number of nitrogens with zero attached hydrogens (tertiary/aromatic N) is 3. The van der Waals surface area contributed by atoms with Gasteiger partial charge in [-0.3, -0.25) is 4.98 Å². The smallest absolute Gasteiger partial charge is 0.174 e. The van der Waals surface area contributed by atoms with Gasteiger partial charge in [0.1, 0.15) is 5.01 Å². The van der Waals surface area contributed by atoms with Gasteiger partial charge in [-0.1, -0.05) is 35.2 Å². The highest BCUT2D eigenvalue weighted by Crippen LogP contribution is 2.29. The third-order valence-corrected chi connectivity index (χ3v) is 4.42. The molecule has 3 rings (SSSR count). The number of rotatable bonds is 2. The van der Waals surface area contributed by atoms with Crippen molar-refractivity contribution in [3.8, 4) is 10.6 Å². The molecule has 0 aliphatic rings. The van der Waals surface area contributed by atoms with Gasteiger partial charge in [-0.2, -0.15) is 0 Å². The maximum Gasteiger partial charge on any atom is 0.174 e. The molecule has 2 heterocycles. The van der Waals surface area contributed by atoms with E-state index in [0.29, 0.717) is 0 Å². The van der Waals surface area contributed by atoms with Crippen molar-refractivity contribution in [2.45, 2.75) is 4.34 Å². The van der Waals surface area contributed by atoms with Crippen molar-refractivity contribution < 1.29 is 0 Å². The average Bonchev–Trinajstić information content (AvgIpc) is 2.87. The summed E-state index contributed by atoms with van der Waals surface area (Å²) in [5.74, 6) is 0. The number of benzene rings is 1. The van der Waals surface area contributed by atoms with Crippen LogP contribution in [0.5, 0.6) is 0 Å². The van der Waals surface area contributed by atoms with Crippen molar-refractivity contribution in [3.05, 3.63) is 36.7 Å². The highest BCUT2D eigenvalue weighted by molar-refractivity contribution is 8.00. The fourth-order valence-electron chi connectivity index (χ4n) is 1.63. The van der Waals surface area contributed by atoms with Crippen molar-refractivity contribution in [1.82, 2.24) is 15.2 Å². The van der Waals surface area contributed by atoms with Crippen LogP contribution in [0.2, 0.25) is 0 Å². The van der Waals surface area contributed by atoms with E-state index in [9.17, 15) is 0 Å². The van der Waals surface area contributed by atoms with Crippen LogP contribution in [0.15, 0.2) is 41.0 Å². The Kier molecular flexibility index (Phi) is 2.78. The summed E-state index contributed by atoms with van der Waals surface area (Å²) in [7, 11) is 0. The van der Waals surface area contributed by atoms with Crippen LogP contribution < -0.4 is 0 Å². The molecule has 3 nitrogen and oxygen atoms in total. The predicted molar refractivity (Wildman–Crippen MR) is 72.4 cm³/mol. The molecule has 84 valence electrons. The van der Waals surface area contributed by atoms with Gasteiger partial charge in [-0.25, -0.2) is 0 Å². The summed E-state index contributed by atoms with van der Waals surface area (Å²) < 4.78 is 0.995. The van der Waals surface area contributed by atoms with E-state index < -0.39 is 0 Å². The van der Waals surface area contributed by atoms with Gasteiger partial charge in [0, 0.05) is 23.3 Å². The topological polar surface area (TPSA) is 38.7 Å². The van der Waals surface area contributed by atoms with Crippen LogP contribution in [0.1, 0.15) is 0 Å². The first-order valence-corrected chi connectivity index (χ1v) is 7.12. The number of hydrogen-bond donors (Lipinski definition) is 0. The number of pyridine rings is 1. The second kappa shape index (κ2) is 4.43. The molecule has 2 aromatic heterocycles. The Bertz CT molecular complexity index is 663. The van der Waals surface area contributed by atoms with E-state index >= 15 is 0 Å². The molecule has 0 saturated carbocycles. The van der Waals surface area contributed by atoms with E-state index in [0.717, 1.165) is 20.3 Å². The maximum atomic E-state index is 4.20. The fourth-order valence-corrected chi connectivity index (χ4v) is 2.89. The van der Waals surface area contributed by atoms with Crippen molar-refractivity contribution in [2.75, 3.05) is 6.26 Å². The van der Waals surface area contributed by atoms with Gasteiger partial charge in [-0.15, -0.1) is 10.2 Å². The standard InChI is InChI=1S/C12H9N3S2/c1-16-12-15-14-11(17-12)9-2-3-10-7-13-5-4-8(10)6-9/h2-7H,1H3. The van der Waals surface area contributed by atoms with Crippen molar-refractivity contribution in [3.63, 3.8) is 0 Å². The lowest BCUT2D eigenvalue weighted by atomic mass is 10.1. The van der Waals surface area contributed by atoms with Gasteiger partial charge in [-0.05, 0) is 23.8 Å². The summed E-state index contributed by atoms with van der Waals surface area (Å²) in [6.07, 6.45) is 5.68. The minimum Gasteiger partial charge on any atom is -0.264 e. The summed E-state index contributed by atoms with van der Waals surface area (Å²) in [5, 5.41) is 11.6. The van der Waals surface area contributed by atoms with Gasteiger partial charge in [0.25, 0.3) is 0 Å². The first-order valence-electron chi connectivity index (χ1n) is 5.08. The molecule has 0 N–H and O–H groups in total. The lowest BCUT2D eigenvalue weighted by Gasteiger charge is -1.99. The molecule has 0 bridgehead atoms. The lowest BCUT2D eigenvalue weighted by Crippen LogP contribution is -1.79. The predicted octanol–water partition coefficient (Wildman–Crippen LogP) is 3.48. The highest BCUT2D eigenvalue weighted by Gasteiger charge is 2.06. The number of thioether (sulfide) groups is 1. The van der Waals surface area contributed by atoms with Crippen molar-refractivity contribution in [2.24, 2.45) is 0 Å². The zero-order valence-electron chi connectivity index (χ0n) is 9.12. The Labute approximate surface area is 107 Å². The van der Waals surface area contributed by atoms with Crippen LogP contribution in [0.3, 0.4) is 0 Å². The lowest BCUT2D eigenvalue weighted by molar-refractivity contribution is 1.02. The molecule has 0 radical (unpaired) electrons. The Morgan fingerprint density at radius 1 is 1.12 bits per heavy atom. The van der Waals surface area contributed by atoms with E-state index in [2.05, 4.69) is 33.4 Å². The zero-order valence-corrected chi connectivity index (χ0v) is 10.8. The molecule has 0 aliphatic heterocycles. The van der Waals surface area contributed by atoms with Crippen molar-refractivity contribution >= 4 is 33.9 Å². The Balaban J connectivity index is 2.11.